The summed E-state index contributed by atoms with van der Waals surface area (Å²) in [6.07, 6.45) is -0.416. The first kappa shape index (κ1) is 28.2. The van der Waals surface area contributed by atoms with Gasteiger partial charge in [0.25, 0.3) is 5.91 Å². The van der Waals surface area contributed by atoms with E-state index in [2.05, 4.69) is 20.5 Å². The zero-order chi connectivity index (χ0) is 28.3. The number of carboxylic acids is 1. The van der Waals surface area contributed by atoms with Crippen LogP contribution in [0.3, 0.4) is 0 Å². The van der Waals surface area contributed by atoms with Gasteiger partial charge in [0.05, 0.1) is 23.7 Å². The molecule has 1 unspecified atom stereocenters. The van der Waals surface area contributed by atoms with E-state index in [1.807, 2.05) is 18.3 Å². The van der Waals surface area contributed by atoms with Gasteiger partial charge < -0.3 is 20.0 Å². The third-order valence-electron chi connectivity index (χ3n) is 6.80. The highest BCUT2D eigenvalue weighted by Gasteiger charge is 2.39. The minimum atomic E-state index is -5.08. The van der Waals surface area contributed by atoms with Crippen LogP contribution in [0.4, 0.5) is 13.2 Å². The molecular weight excluding hydrogens is 525 g/mol. The van der Waals surface area contributed by atoms with Gasteiger partial charge in [-0.1, -0.05) is 11.3 Å². The molecule has 210 valence electrons. The van der Waals surface area contributed by atoms with Gasteiger partial charge in [0.1, 0.15) is 6.04 Å². The summed E-state index contributed by atoms with van der Waals surface area (Å²) in [5.41, 5.74) is 3.02. The number of piperidine rings is 2. The number of likely N-dealkylation sites (tertiary alicyclic amines) is 1. The van der Waals surface area contributed by atoms with Crippen LogP contribution in [0.2, 0.25) is 0 Å². The highest BCUT2D eigenvalue weighted by molar-refractivity contribution is 6.05. The van der Waals surface area contributed by atoms with Gasteiger partial charge in [0, 0.05) is 44.6 Å². The molecule has 0 radical (unpaired) electrons. The Labute approximate surface area is 220 Å². The standard InChI is InChI=1S/C22H26N6O4.C2HF3O2/c29-17-6-9-26(10-7-17)8-5-15-13-28(25-24-15)16-2-1-14-12-27(22(32)18(14)11-16)19-3-4-20(30)23-21(19)31;3-2(4,5)1(6)7/h1-2,11,13,17,19,29H,3-10,12H2,(H,23,30,31);(H,6,7). The second kappa shape index (κ2) is 11.5. The summed E-state index contributed by atoms with van der Waals surface area (Å²) >= 11 is 0. The predicted molar refractivity (Wildman–Crippen MR) is 126 cm³/mol. The zero-order valence-electron chi connectivity index (χ0n) is 20.7. The topological polar surface area (TPSA) is 158 Å². The lowest BCUT2D eigenvalue weighted by Gasteiger charge is -2.29. The molecule has 2 fully saturated rings. The summed E-state index contributed by atoms with van der Waals surface area (Å²) in [6.45, 7) is 3.01. The minimum absolute atomic E-state index is 0.180. The highest BCUT2D eigenvalue weighted by atomic mass is 19.4. The maximum absolute atomic E-state index is 13.0. The molecule has 3 aliphatic heterocycles. The Morgan fingerprint density at radius 3 is 2.46 bits per heavy atom. The van der Waals surface area contributed by atoms with Crippen LogP contribution in [-0.2, 0) is 27.3 Å². The van der Waals surface area contributed by atoms with Crippen LogP contribution in [0.5, 0.6) is 0 Å². The van der Waals surface area contributed by atoms with E-state index in [-0.39, 0.29) is 24.3 Å². The molecule has 2 aromatic rings. The summed E-state index contributed by atoms with van der Waals surface area (Å²) < 4.78 is 33.4. The number of alkyl halides is 3. The van der Waals surface area contributed by atoms with Crippen molar-refractivity contribution in [2.75, 3.05) is 19.6 Å². The Morgan fingerprint density at radius 1 is 1.13 bits per heavy atom. The summed E-state index contributed by atoms with van der Waals surface area (Å²) in [5, 5.41) is 27.6. The van der Waals surface area contributed by atoms with Crippen LogP contribution < -0.4 is 5.32 Å². The summed E-state index contributed by atoms with van der Waals surface area (Å²) in [4.78, 5) is 49.4. The van der Waals surface area contributed by atoms with Gasteiger partial charge in [-0.15, -0.1) is 5.10 Å². The van der Waals surface area contributed by atoms with E-state index in [0.717, 1.165) is 55.8 Å². The van der Waals surface area contributed by atoms with Crippen molar-refractivity contribution in [2.45, 2.75) is 57.0 Å². The monoisotopic (exact) mass is 552 g/mol. The summed E-state index contributed by atoms with van der Waals surface area (Å²) in [6, 6.07) is 4.94. The number of aliphatic hydroxyl groups excluding tert-OH is 1. The van der Waals surface area contributed by atoms with Gasteiger partial charge in [-0.25, -0.2) is 9.48 Å². The predicted octanol–water partition coefficient (Wildman–Crippen LogP) is 0.661. The van der Waals surface area contributed by atoms with E-state index < -0.39 is 24.1 Å². The number of carbonyl (C=O) groups is 4. The van der Waals surface area contributed by atoms with Gasteiger partial charge in [0.15, 0.2) is 0 Å². The Hall–Kier alpha value is -3.85. The molecule has 5 rings (SSSR count). The molecule has 0 bridgehead atoms. The number of nitrogens with zero attached hydrogens (tertiary/aromatic N) is 5. The number of imide groups is 1. The number of hydrogen-bond donors (Lipinski definition) is 3. The number of carbonyl (C=O) groups excluding carboxylic acids is 3. The fourth-order valence-electron chi connectivity index (χ4n) is 4.64. The molecule has 3 N–H and O–H groups in total. The molecule has 3 amide bonds. The molecule has 0 aliphatic carbocycles. The molecule has 39 heavy (non-hydrogen) atoms. The first-order chi connectivity index (χ1) is 18.4. The Morgan fingerprint density at radius 2 is 1.82 bits per heavy atom. The number of amides is 3. The first-order valence-corrected chi connectivity index (χ1v) is 12.3. The number of aliphatic carboxylic acids is 1. The van der Waals surface area contributed by atoms with Gasteiger partial charge in [0.2, 0.25) is 11.8 Å². The van der Waals surface area contributed by atoms with Crippen molar-refractivity contribution in [3.8, 4) is 5.69 Å². The van der Waals surface area contributed by atoms with Gasteiger partial charge >= 0.3 is 12.1 Å². The van der Waals surface area contributed by atoms with Crippen molar-refractivity contribution >= 4 is 23.7 Å². The first-order valence-electron chi connectivity index (χ1n) is 12.3. The average Bonchev–Trinajstić information content (AvgIpc) is 3.48. The van der Waals surface area contributed by atoms with Crippen LogP contribution in [0.15, 0.2) is 24.4 Å². The maximum atomic E-state index is 13.0. The molecule has 2 saturated heterocycles. The number of carboxylic acid groups (broad SMARTS) is 1. The lowest BCUT2D eigenvalue weighted by molar-refractivity contribution is -0.192. The summed E-state index contributed by atoms with van der Waals surface area (Å²) in [7, 11) is 0. The minimum Gasteiger partial charge on any atom is -0.475 e. The van der Waals surface area contributed by atoms with E-state index >= 15 is 0 Å². The molecule has 0 saturated carbocycles. The lowest BCUT2D eigenvalue weighted by Crippen LogP contribution is -2.52. The van der Waals surface area contributed by atoms with E-state index in [9.17, 15) is 32.7 Å². The van der Waals surface area contributed by atoms with Crippen LogP contribution in [-0.4, -0.2) is 96.7 Å². The number of fused-ring (bicyclic) bond motifs is 1. The molecule has 4 heterocycles. The number of rotatable bonds is 5. The highest BCUT2D eigenvalue weighted by Crippen LogP contribution is 2.29. The molecule has 12 nitrogen and oxygen atoms in total. The third kappa shape index (κ3) is 6.78. The van der Waals surface area contributed by atoms with Crippen molar-refractivity contribution < 1.29 is 42.6 Å². The summed E-state index contributed by atoms with van der Waals surface area (Å²) in [5.74, 6) is -3.67. The van der Waals surface area contributed by atoms with E-state index in [1.165, 1.54) is 0 Å². The second-order valence-electron chi connectivity index (χ2n) is 9.52. The molecule has 1 aromatic heterocycles. The number of aromatic nitrogens is 3. The van der Waals surface area contributed by atoms with Crippen LogP contribution in [0, 0.1) is 0 Å². The lowest BCUT2D eigenvalue weighted by atomic mass is 10.0. The fraction of sp³-hybridized carbons (Fsp3) is 0.500. The quantitative estimate of drug-likeness (QED) is 0.453. The molecule has 1 atom stereocenters. The van der Waals surface area contributed by atoms with E-state index in [1.54, 1.807) is 15.6 Å². The van der Waals surface area contributed by atoms with Crippen LogP contribution >= 0.6 is 0 Å². The largest absolute Gasteiger partial charge is 0.490 e. The van der Waals surface area contributed by atoms with Gasteiger partial charge in [-0.05, 0) is 37.0 Å². The molecule has 3 aliphatic rings. The molecule has 15 heteroatoms. The molecule has 0 spiro atoms. The number of nitrogens with one attached hydrogen (secondary N) is 1. The van der Waals surface area contributed by atoms with Gasteiger partial charge in [-0.2, -0.15) is 13.2 Å². The third-order valence-corrected chi connectivity index (χ3v) is 6.80. The Bertz CT molecular complexity index is 1260. The number of benzene rings is 1. The Kier molecular flexibility index (Phi) is 8.30. The number of hydrogen-bond acceptors (Lipinski definition) is 8. The number of aliphatic hydroxyl groups is 1. The smallest absolute Gasteiger partial charge is 0.475 e. The van der Waals surface area contributed by atoms with E-state index in [0.29, 0.717) is 18.5 Å². The van der Waals surface area contributed by atoms with Crippen molar-refractivity contribution in [3.63, 3.8) is 0 Å². The maximum Gasteiger partial charge on any atom is 0.490 e. The second-order valence-corrected chi connectivity index (χ2v) is 9.52. The number of halogens is 3. The van der Waals surface area contributed by atoms with Crippen LogP contribution in [0.1, 0.15) is 47.3 Å². The van der Waals surface area contributed by atoms with E-state index in [4.69, 9.17) is 9.90 Å². The molecule has 1 aromatic carbocycles. The normalized spacial score (nSPS) is 20.4. The van der Waals surface area contributed by atoms with Crippen molar-refractivity contribution in [1.82, 2.24) is 30.1 Å². The SMILES string of the molecule is O=C(O)C(F)(F)F.O=C1CCC(N2Cc3ccc(-n4cc(CCN5CCC(O)CC5)nn4)cc3C2=O)C(=O)N1. The van der Waals surface area contributed by atoms with Gasteiger partial charge in [-0.3, -0.25) is 19.7 Å². The van der Waals surface area contributed by atoms with Crippen molar-refractivity contribution in [3.05, 3.63) is 41.2 Å². The van der Waals surface area contributed by atoms with Crippen molar-refractivity contribution in [1.29, 1.82) is 0 Å². The fourth-order valence-corrected chi connectivity index (χ4v) is 4.64. The average molecular weight is 553 g/mol. The Balaban J connectivity index is 0.000000448. The van der Waals surface area contributed by atoms with Crippen molar-refractivity contribution in [2.24, 2.45) is 0 Å². The molecular formula is C24H27F3N6O6. The van der Waals surface area contributed by atoms with Crippen LogP contribution in [0.25, 0.3) is 5.69 Å². The zero-order valence-corrected chi connectivity index (χ0v) is 20.7.